The minimum absolute atomic E-state index is 0.0214. The van der Waals surface area contributed by atoms with Gasteiger partial charge in [0, 0.05) is 5.92 Å². The van der Waals surface area contributed by atoms with E-state index in [4.69, 9.17) is 14.2 Å². The fourth-order valence-electron chi connectivity index (χ4n) is 2.92. The van der Waals surface area contributed by atoms with Crippen molar-refractivity contribution in [2.45, 2.75) is 25.2 Å². The van der Waals surface area contributed by atoms with Gasteiger partial charge in [0.2, 0.25) is 0 Å². The molecule has 1 aliphatic rings. The van der Waals surface area contributed by atoms with Gasteiger partial charge in [-0.25, -0.2) is 9.59 Å². The third kappa shape index (κ3) is 4.33. The van der Waals surface area contributed by atoms with Crippen LogP contribution < -0.4 is 0 Å². The van der Waals surface area contributed by atoms with Crippen LogP contribution in [0.2, 0.25) is 0 Å². The van der Waals surface area contributed by atoms with Crippen LogP contribution in [-0.2, 0) is 14.2 Å². The molecule has 6 heteroatoms. The summed E-state index contributed by atoms with van der Waals surface area (Å²) in [5.41, 5.74) is 0.840. The van der Waals surface area contributed by atoms with Crippen LogP contribution in [0.1, 0.15) is 27.6 Å². The first-order valence-corrected chi connectivity index (χ1v) is 8.63. The summed E-state index contributed by atoms with van der Waals surface area (Å²) in [7, 11) is 0. The summed E-state index contributed by atoms with van der Waals surface area (Å²) in [6, 6.07) is 19.2. The van der Waals surface area contributed by atoms with Gasteiger partial charge in [-0.15, -0.1) is 0 Å². The Kier molecular flexibility index (Phi) is 5.84. The summed E-state index contributed by atoms with van der Waals surface area (Å²) in [6.07, 6.45) is -2.17. The number of rotatable bonds is 5. The predicted octanol–water partition coefficient (Wildman–Crippen LogP) is 3.00. The maximum Gasteiger partial charge on any atom is 0.338 e. The van der Waals surface area contributed by atoms with Gasteiger partial charge in [0.1, 0.15) is 12.7 Å². The summed E-state index contributed by atoms with van der Waals surface area (Å²) in [5, 5.41) is 9.34. The van der Waals surface area contributed by atoms with Gasteiger partial charge in [-0.2, -0.15) is 5.26 Å². The lowest BCUT2D eigenvalue weighted by Crippen LogP contribution is -2.32. The summed E-state index contributed by atoms with van der Waals surface area (Å²) < 4.78 is 16.5. The first kappa shape index (κ1) is 18.6. The van der Waals surface area contributed by atoms with Crippen LogP contribution in [0.4, 0.5) is 0 Å². The molecule has 3 rings (SSSR count). The Morgan fingerprint density at radius 2 is 1.56 bits per heavy atom. The summed E-state index contributed by atoms with van der Waals surface area (Å²) in [4.78, 5) is 24.4. The molecule has 27 heavy (non-hydrogen) atoms. The fraction of sp³-hybridized carbons (Fsp3) is 0.286. The number of hydrogen-bond donors (Lipinski definition) is 0. The van der Waals surface area contributed by atoms with E-state index in [0.29, 0.717) is 11.1 Å². The largest absolute Gasteiger partial charge is 0.459 e. The Labute approximate surface area is 157 Å². The van der Waals surface area contributed by atoms with E-state index in [2.05, 4.69) is 0 Å². The highest BCUT2D eigenvalue weighted by molar-refractivity contribution is 5.89. The topological polar surface area (TPSA) is 85.6 Å². The van der Waals surface area contributed by atoms with Gasteiger partial charge in [-0.1, -0.05) is 43.3 Å². The van der Waals surface area contributed by atoms with Gasteiger partial charge in [0.05, 0.1) is 23.3 Å². The minimum atomic E-state index is -0.909. The summed E-state index contributed by atoms with van der Waals surface area (Å²) in [5.74, 6) is -1.28. The minimum Gasteiger partial charge on any atom is -0.459 e. The normalized spacial score (nSPS) is 24.0. The lowest BCUT2D eigenvalue weighted by atomic mass is 9.99. The molecule has 0 spiro atoms. The standard InChI is InChI=1S/C21H19NO5/c1-14-18(13-25-20(23)15-8-4-2-5-9-15)26-17(12-22)19(14)27-21(24)16-10-6-3-7-11-16/h2-11,14,17-19H,13H2,1H3/t14-,17+,18-,19-/m1/s1. The van der Waals surface area contributed by atoms with Crippen molar-refractivity contribution in [2.75, 3.05) is 6.61 Å². The SMILES string of the molecule is C[C@H]1[C@@H](OC(=O)c2ccccc2)[C@H](C#N)O[C@@H]1COC(=O)c1ccccc1. The van der Waals surface area contributed by atoms with Crippen molar-refractivity contribution in [3.63, 3.8) is 0 Å². The average molecular weight is 365 g/mol. The number of nitriles is 1. The van der Waals surface area contributed by atoms with Gasteiger partial charge >= 0.3 is 11.9 Å². The molecule has 0 bridgehead atoms. The highest BCUT2D eigenvalue weighted by Gasteiger charge is 2.45. The molecule has 1 fully saturated rings. The lowest BCUT2D eigenvalue weighted by Gasteiger charge is -2.19. The average Bonchev–Trinajstić information content (AvgIpc) is 3.02. The van der Waals surface area contributed by atoms with Gasteiger partial charge < -0.3 is 14.2 Å². The molecule has 2 aromatic rings. The third-order valence-corrected chi connectivity index (χ3v) is 4.49. The van der Waals surface area contributed by atoms with Gasteiger partial charge in [-0.05, 0) is 24.3 Å². The second-order valence-electron chi connectivity index (χ2n) is 6.28. The highest BCUT2D eigenvalue weighted by atomic mass is 16.6. The number of carbonyl (C=O) groups is 2. The van der Waals surface area contributed by atoms with Crippen LogP contribution in [0, 0.1) is 17.2 Å². The van der Waals surface area contributed by atoms with Crippen molar-refractivity contribution < 1.29 is 23.8 Å². The lowest BCUT2D eigenvalue weighted by molar-refractivity contribution is -0.00886. The van der Waals surface area contributed by atoms with Crippen LogP contribution >= 0.6 is 0 Å². The molecule has 0 radical (unpaired) electrons. The Morgan fingerprint density at radius 1 is 1.00 bits per heavy atom. The number of hydrogen-bond acceptors (Lipinski definition) is 6. The van der Waals surface area contributed by atoms with Gasteiger partial charge in [-0.3, -0.25) is 0 Å². The number of esters is 2. The summed E-state index contributed by atoms with van der Waals surface area (Å²) in [6.45, 7) is 1.79. The molecule has 6 nitrogen and oxygen atoms in total. The van der Waals surface area contributed by atoms with Crippen LogP contribution in [0.15, 0.2) is 60.7 Å². The maximum atomic E-state index is 12.3. The fourth-order valence-corrected chi connectivity index (χ4v) is 2.92. The molecule has 1 aliphatic heterocycles. The monoisotopic (exact) mass is 365 g/mol. The first-order valence-electron chi connectivity index (χ1n) is 8.63. The quantitative estimate of drug-likeness (QED) is 0.757. The zero-order valence-electron chi connectivity index (χ0n) is 14.8. The number of benzene rings is 2. The predicted molar refractivity (Wildman–Crippen MR) is 95.8 cm³/mol. The highest BCUT2D eigenvalue weighted by Crippen LogP contribution is 2.30. The van der Waals surface area contributed by atoms with Crippen molar-refractivity contribution in [1.29, 1.82) is 5.26 Å². The maximum absolute atomic E-state index is 12.3. The molecule has 0 N–H and O–H groups in total. The molecule has 0 aromatic heterocycles. The van der Waals surface area contributed by atoms with E-state index in [1.807, 2.05) is 12.1 Å². The van der Waals surface area contributed by atoms with E-state index in [0.717, 1.165) is 0 Å². The molecule has 0 aliphatic carbocycles. The van der Waals surface area contributed by atoms with Crippen LogP contribution in [0.5, 0.6) is 0 Å². The smallest absolute Gasteiger partial charge is 0.338 e. The second kappa shape index (κ2) is 8.47. The van der Waals surface area contributed by atoms with Crippen molar-refractivity contribution in [1.82, 2.24) is 0 Å². The van der Waals surface area contributed by atoms with Crippen molar-refractivity contribution >= 4 is 11.9 Å². The molecule has 0 amide bonds. The van der Waals surface area contributed by atoms with E-state index in [9.17, 15) is 14.9 Å². The van der Waals surface area contributed by atoms with Crippen molar-refractivity contribution in [3.05, 3.63) is 71.8 Å². The number of ether oxygens (including phenoxy) is 3. The van der Waals surface area contributed by atoms with E-state index < -0.39 is 30.3 Å². The second-order valence-corrected chi connectivity index (χ2v) is 6.28. The Morgan fingerprint density at radius 3 is 2.11 bits per heavy atom. The number of nitrogens with zero attached hydrogens (tertiary/aromatic N) is 1. The van der Waals surface area contributed by atoms with E-state index in [1.165, 1.54) is 0 Å². The van der Waals surface area contributed by atoms with Gasteiger partial charge in [0.25, 0.3) is 0 Å². The zero-order valence-corrected chi connectivity index (χ0v) is 14.8. The van der Waals surface area contributed by atoms with E-state index >= 15 is 0 Å². The Bertz CT molecular complexity index is 831. The molecule has 0 saturated carbocycles. The first-order chi connectivity index (χ1) is 13.1. The molecular weight excluding hydrogens is 346 g/mol. The zero-order chi connectivity index (χ0) is 19.2. The van der Waals surface area contributed by atoms with Crippen LogP contribution in [0.25, 0.3) is 0 Å². The van der Waals surface area contributed by atoms with Crippen molar-refractivity contribution in [2.24, 2.45) is 5.92 Å². The molecule has 0 unspecified atom stereocenters. The van der Waals surface area contributed by atoms with Gasteiger partial charge in [0.15, 0.2) is 6.10 Å². The molecule has 2 aromatic carbocycles. The van der Waals surface area contributed by atoms with E-state index in [-0.39, 0.29) is 12.5 Å². The third-order valence-electron chi connectivity index (χ3n) is 4.49. The Balaban J connectivity index is 1.61. The summed E-state index contributed by atoms with van der Waals surface area (Å²) >= 11 is 0. The van der Waals surface area contributed by atoms with E-state index in [1.54, 1.807) is 61.5 Å². The number of carbonyl (C=O) groups excluding carboxylic acids is 2. The molecular formula is C21H19NO5. The van der Waals surface area contributed by atoms with Crippen molar-refractivity contribution in [3.8, 4) is 6.07 Å². The Hall–Kier alpha value is -3.17. The molecule has 4 atom stereocenters. The molecule has 1 heterocycles. The molecule has 138 valence electrons. The van der Waals surface area contributed by atoms with Crippen LogP contribution in [-0.4, -0.2) is 36.9 Å². The van der Waals surface area contributed by atoms with Crippen LogP contribution in [0.3, 0.4) is 0 Å². The molecule has 1 saturated heterocycles.